The normalized spacial score (nSPS) is 10.6. The van der Waals surface area contributed by atoms with E-state index in [1.165, 1.54) is 5.56 Å². The van der Waals surface area contributed by atoms with E-state index < -0.39 is 0 Å². The van der Waals surface area contributed by atoms with E-state index in [4.69, 9.17) is 4.74 Å². The van der Waals surface area contributed by atoms with Crippen molar-refractivity contribution < 1.29 is 9.53 Å². The van der Waals surface area contributed by atoms with Crippen LogP contribution in [-0.2, 0) is 17.8 Å². The van der Waals surface area contributed by atoms with Gasteiger partial charge in [0.05, 0.1) is 13.2 Å². The average molecular weight is 377 g/mol. The Labute approximate surface area is 166 Å². The Bertz CT molecular complexity index is 890. The smallest absolute Gasteiger partial charge is 0.322 e. The molecule has 5 heteroatoms. The zero-order chi connectivity index (χ0) is 19.8. The van der Waals surface area contributed by atoms with Gasteiger partial charge in [0, 0.05) is 37.8 Å². The summed E-state index contributed by atoms with van der Waals surface area (Å²) in [5, 5.41) is 3.02. The van der Waals surface area contributed by atoms with Crippen LogP contribution in [0.15, 0.2) is 72.9 Å². The SMILES string of the molecule is COCCN(Cc1cccn1Cc1ccccc1)C(=O)Nc1ccccc1C. The molecular weight excluding hydrogens is 350 g/mol. The van der Waals surface area contributed by atoms with Crippen LogP contribution in [0.2, 0.25) is 0 Å². The van der Waals surface area contributed by atoms with E-state index in [-0.39, 0.29) is 6.03 Å². The number of amides is 2. The predicted molar refractivity (Wildman–Crippen MR) is 112 cm³/mol. The van der Waals surface area contributed by atoms with Crippen LogP contribution >= 0.6 is 0 Å². The number of nitrogens with zero attached hydrogens (tertiary/aromatic N) is 2. The summed E-state index contributed by atoms with van der Waals surface area (Å²) in [5.74, 6) is 0. The minimum Gasteiger partial charge on any atom is -0.383 e. The zero-order valence-corrected chi connectivity index (χ0v) is 16.5. The largest absolute Gasteiger partial charge is 0.383 e. The number of carbonyl (C=O) groups excluding carboxylic acids is 1. The first kappa shape index (κ1) is 19.7. The number of nitrogens with one attached hydrogen (secondary N) is 1. The van der Waals surface area contributed by atoms with E-state index in [9.17, 15) is 4.79 Å². The Morgan fingerprint density at radius 1 is 1.04 bits per heavy atom. The highest BCUT2D eigenvalue weighted by atomic mass is 16.5. The molecule has 0 saturated carbocycles. The van der Waals surface area contributed by atoms with Gasteiger partial charge >= 0.3 is 6.03 Å². The first-order valence-electron chi connectivity index (χ1n) is 9.46. The van der Waals surface area contributed by atoms with Crippen molar-refractivity contribution in [3.05, 3.63) is 89.7 Å². The minimum absolute atomic E-state index is 0.126. The maximum atomic E-state index is 12.9. The van der Waals surface area contributed by atoms with E-state index in [0.29, 0.717) is 19.7 Å². The number of carbonyl (C=O) groups is 1. The molecular formula is C23H27N3O2. The Kier molecular flexibility index (Phi) is 6.87. The lowest BCUT2D eigenvalue weighted by atomic mass is 10.2. The van der Waals surface area contributed by atoms with E-state index in [2.05, 4.69) is 34.3 Å². The van der Waals surface area contributed by atoms with Gasteiger partial charge in [-0.2, -0.15) is 0 Å². The van der Waals surface area contributed by atoms with Crippen LogP contribution in [0.5, 0.6) is 0 Å². The van der Waals surface area contributed by atoms with Crippen LogP contribution in [0.3, 0.4) is 0 Å². The second kappa shape index (κ2) is 9.76. The Balaban J connectivity index is 1.73. The number of aryl methyl sites for hydroxylation is 1. The number of methoxy groups -OCH3 is 1. The fourth-order valence-corrected chi connectivity index (χ4v) is 3.08. The molecule has 1 N–H and O–H groups in total. The van der Waals surface area contributed by atoms with Gasteiger partial charge in [-0.3, -0.25) is 0 Å². The summed E-state index contributed by atoms with van der Waals surface area (Å²) in [5.41, 5.74) is 4.18. The lowest BCUT2D eigenvalue weighted by molar-refractivity contribution is 0.152. The molecule has 0 saturated heterocycles. The van der Waals surface area contributed by atoms with Crippen molar-refractivity contribution in [1.29, 1.82) is 0 Å². The topological polar surface area (TPSA) is 46.5 Å². The van der Waals surface area contributed by atoms with Gasteiger partial charge in [-0.1, -0.05) is 48.5 Å². The second-order valence-corrected chi connectivity index (χ2v) is 6.77. The van der Waals surface area contributed by atoms with Gasteiger partial charge < -0.3 is 19.5 Å². The van der Waals surface area contributed by atoms with Gasteiger partial charge in [-0.25, -0.2) is 4.79 Å². The van der Waals surface area contributed by atoms with Crippen LogP contribution in [0.25, 0.3) is 0 Å². The Morgan fingerprint density at radius 3 is 2.54 bits per heavy atom. The summed E-state index contributed by atoms with van der Waals surface area (Å²) in [6.45, 7) is 4.28. The zero-order valence-electron chi connectivity index (χ0n) is 16.5. The fourth-order valence-electron chi connectivity index (χ4n) is 3.08. The lowest BCUT2D eigenvalue weighted by Gasteiger charge is -2.24. The van der Waals surface area contributed by atoms with Gasteiger partial charge in [0.2, 0.25) is 0 Å². The monoisotopic (exact) mass is 377 g/mol. The molecule has 0 atom stereocenters. The lowest BCUT2D eigenvalue weighted by Crippen LogP contribution is -2.37. The minimum atomic E-state index is -0.126. The number of hydrogen-bond donors (Lipinski definition) is 1. The summed E-state index contributed by atoms with van der Waals surface area (Å²) >= 11 is 0. The van der Waals surface area contributed by atoms with Gasteiger partial charge in [-0.05, 0) is 36.2 Å². The predicted octanol–water partition coefficient (Wildman–Crippen LogP) is 4.53. The second-order valence-electron chi connectivity index (χ2n) is 6.77. The third-order valence-corrected chi connectivity index (χ3v) is 4.71. The number of rotatable bonds is 8. The standard InChI is InChI=1S/C23H27N3O2/c1-19-9-6-7-13-22(19)24-23(27)26(15-16-28-2)18-21-12-8-14-25(21)17-20-10-4-3-5-11-20/h3-14H,15-18H2,1-2H3,(H,24,27). The molecule has 0 bridgehead atoms. The van der Waals surface area contributed by atoms with Crippen molar-refractivity contribution in [3.8, 4) is 0 Å². The molecule has 0 aliphatic heterocycles. The molecule has 5 nitrogen and oxygen atoms in total. The number of hydrogen-bond acceptors (Lipinski definition) is 2. The molecule has 0 aliphatic carbocycles. The Hall–Kier alpha value is -3.05. The van der Waals surface area contributed by atoms with Crippen molar-refractivity contribution in [2.45, 2.75) is 20.0 Å². The Morgan fingerprint density at radius 2 is 1.79 bits per heavy atom. The van der Waals surface area contributed by atoms with Crippen molar-refractivity contribution in [2.75, 3.05) is 25.6 Å². The van der Waals surface area contributed by atoms with Crippen LogP contribution < -0.4 is 5.32 Å². The van der Waals surface area contributed by atoms with Gasteiger partial charge in [0.1, 0.15) is 0 Å². The van der Waals surface area contributed by atoms with E-state index >= 15 is 0 Å². The van der Waals surface area contributed by atoms with Crippen LogP contribution in [0.1, 0.15) is 16.8 Å². The van der Waals surface area contributed by atoms with Gasteiger partial charge in [-0.15, -0.1) is 0 Å². The maximum Gasteiger partial charge on any atom is 0.322 e. The molecule has 0 radical (unpaired) electrons. The molecule has 2 aromatic carbocycles. The highest BCUT2D eigenvalue weighted by Gasteiger charge is 2.16. The molecule has 28 heavy (non-hydrogen) atoms. The fraction of sp³-hybridized carbons (Fsp3) is 0.261. The molecule has 2 amide bonds. The highest BCUT2D eigenvalue weighted by molar-refractivity contribution is 5.90. The number of benzene rings is 2. The number of urea groups is 1. The van der Waals surface area contributed by atoms with Crippen LogP contribution in [0, 0.1) is 6.92 Å². The molecule has 146 valence electrons. The quantitative estimate of drug-likeness (QED) is 0.627. The number of ether oxygens (including phenoxy) is 1. The summed E-state index contributed by atoms with van der Waals surface area (Å²) in [6, 6.07) is 22.1. The number of para-hydroxylation sites is 1. The van der Waals surface area contributed by atoms with Crippen molar-refractivity contribution in [2.24, 2.45) is 0 Å². The van der Waals surface area contributed by atoms with E-state index in [1.54, 1.807) is 12.0 Å². The van der Waals surface area contributed by atoms with Crippen molar-refractivity contribution in [3.63, 3.8) is 0 Å². The summed E-state index contributed by atoms with van der Waals surface area (Å²) in [7, 11) is 1.65. The average Bonchev–Trinajstić information content (AvgIpc) is 3.14. The van der Waals surface area contributed by atoms with Crippen molar-refractivity contribution in [1.82, 2.24) is 9.47 Å². The number of aromatic nitrogens is 1. The third kappa shape index (κ3) is 5.24. The molecule has 3 aromatic rings. The third-order valence-electron chi connectivity index (χ3n) is 4.71. The first-order valence-corrected chi connectivity index (χ1v) is 9.46. The number of anilines is 1. The van der Waals surface area contributed by atoms with E-state index in [1.807, 2.05) is 55.5 Å². The molecule has 0 fully saturated rings. The molecule has 0 unspecified atom stereocenters. The highest BCUT2D eigenvalue weighted by Crippen LogP contribution is 2.16. The molecule has 1 heterocycles. The summed E-state index contributed by atoms with van der Waals surface area (Å²) in [6.07, 6.45) is 2.05. The van der Waals surface area contributed by atoms with Gasteiger partial charge in [0.15, 0.2) is 0 Å². The van der Waals surface area contributed by atoms with E-state index in [0.717, 1.165) is 23.5 Å². The van der Waals surface area contributed by atoms with Crippen LogP contribution in [-0.4, -0.2) is 35.8 Å². The summed E-state index contributed by atoms with van der Waals surface area (Å²) in [4.78, 5) is 14.7. The van der Waals surface area contributed by atoms with Gasteiger partial charge in [0.25, 0.3) is 0 Å². The molecule has 3 rings (SSSR count). The van der Waals surface area contributed by atoms with Crippen LogP contribution in [0.4, 0.5) is 10.5 Å². The summed E-state index contributed by atoms with van der Waals surface area (Å²) < 4.78 is 7.39. The first-order chi connectivity index (χ1) is 13.7. The van der Waals surface area contributed by atoms with Crippen molar-refractivity contribution >= 4 is 11.7 Å². The maximum absolute atomic E-state index is 12.9. The molecule has 1 aromatic heterocycles. The molecule has 0 aliphatic rings. The molecule has 0 spiro atoms.